The number of amides is 2. The summed E-state index contributed by atoms with van der Waals surface area (Å²) in [7, 11) is 0. The van der Waals surface area contributed by atoms with E-state index in [0.29, 0.717) is 22.0 Å². The highest BCUT2D eigenvalue weighted by atomic mass is 35.5. The summed E-state index contributed by atoms with van der Waals surface area (Å²) < 4.78 is 0. The summed E-state index contributed by atoms with van der Waals surface area (Å²) in [4.78, 5) is 26.5. The van der Waals surface area contributed by atoms with Crippen LogP contribution in [0, 0.1) is 0 Å². The lowest BCUT2D eigenvalue weighted by Gasteiger charge is -2.28. The minimum absolute atomic E-state index is 0.0913. The van der Waals surface area contributed by atoms with Gasteiger partial charge in [0.25, 0.3) is 5.91 Å². The molecule has 1 aliphatic heterocycles. The summed E-state index contributed by atoms with van der Waals surface area (Å²) in [6, 6.07) is 13.9. The minimum atomic E-state index is -0.230. The number of rotatable bonds is 1. The van der Waals surface area contributed by atoms with Gasteiger partial charge in [-0.3, -0.25) is 9.59 Å². The van der Waals surface area contributed by atoms with Gasteiger partial charge in [0, 0.05) is 23.0 Å². The molecule has 0 aliphatic carbocycles. The third-order valence-corrected chi connectivity index (χ3v) is 3.92. The van der Waals surface area contributed by atoms with E-state index in [1.54, 1.807) is 35.2 Å². The van der Waals surface area contributed by atoms with Gasteiger partial charge in [-0.1, -0.05) is 23.7 Å². The predicted octanol–water partition coefficient (Wildman–Crippen LogP) is 3.72. The van der Waals surface area contributed by atoms with E-state index in [2.05, 4.69) is 5.32 Å². The van der Waals surface area contributed by atoms with E-state index in [9.17, 15) is 9.59 Å². The molecule has 1 N–H and O–H groups in total. The Morgan fingerprint density at radius 2 is 1.86 bits per heavy atom. The number of halogens is 1. The fourth-order valence-electron chi connectivity index (χ4n) is 2.63. The van der Waals surface area contributed by atoms with Gasteiger partial charge in [-0.05, 0) is 43.3 Å². The van der Waals surface area contributed by atoms with E-state index in [0.717, 1.165) is 0 Å². The average molecular weight is 315 g/mol. The van der Waals surface area contributed by atoms with Gasteiger partial charge < -0.3 is 10.2 Å². The molecule has 2 aromatic rings. The van der Waals surface area contributed by atoms with Crippen LogP contribution in [0.1, 0.15) is 23.7 Å². The van der Waals surface area contributed by atoms with E-state index < -0.39 is 0 Å². The highest BCUT2D eigenvalue weighted by Gasteiger charge is 2.30. The van der Waals surface area contributed by atoms with Crippen molar-refractivity contribution in [2.24, 2.45) is 0 Å². The maximum Gasteiger partial charge on any atom is 0.258 e. The maximum atomic E-state index is 12.9. The van der Waals surface area contributed by atoms with Gasteiger partial charge in [-0.2, -0.15) is 0 Å². The Labute approximate surface area is 133 Å². The lowest BCUT2D eigenvalue weighted by Crippen LogP contribution is -2.39. The zero-order valence-electron chi connectivity index (χ0n) is 12.0. The van der Waals surface area contributed by atoms with Crippen LogP contribution in [0.2, 0.25) is 5.02 Å². The van der Waals surface area contributed by atoms with Crippen molar-refractivity contribution < 1.29 is 9.59 Å². The molecule has 0 aromatic heterocycles. The molecule has 1 unspecified atom stereocenters. The molecular weight excluding hydrogens is 300 g/mol. The molecule has 0 fully saturated rings. The second kappa shape index (κ2) is 5.81. The van der Waals surface area contributed by atoms with Gasteiger partial charge >= 0.3 is 0 Å². The standard InChI is InChI=1S/C17H15ClN2O2/c1-11-10-16(21)19-14-4-2-3-5-15(14)20(11)17(22)12-6-8-13(18)9-7-12/h2-9,11H,10H2,1H3,(H,19,21). The third-order valence-electron chi connectivity index (χ3n) is 3.67. The molecule has 1 heterocycles. The summed E-state index contributed by atoms with van der Waals surface area (Å²) in [5.41, 5.74) is 1.90. The van der Waals surface area contributed by atoms with Gasteiger partial charge in [-0.15, -0.1) is 0 Å². The first-order chi connectivity index (χ1) is 10.6. The molecule has 2 amide bonds. The van der Waals surface area contributed by atoms with Crippen LogP contribution in [-0.2, 0) is 4.79 Å². The van der Waals surface area contributed by atoms with Crippen LogP contribution in [0.4, 0.5) is 11.4 Å². The molecule has 0 saturated heterocycles. The van der Waals surface area contributed by atoms with Crippen LogP contribution in [0.15, 0.2) is 48.5 Å². The largest absolute Gasteiger partial charge is 0.324 e. The Kier molecular flexibility index (Phi) is 3.86. The molecule has 0 radical (unpaired) electrons. The van der Waals surface area contributed by atoms with Crippen LogP contribution in [0.3, 0.4) is 0 Å². The van der Waals surface area contributed by atoms with E-state index in [4.69, 9.17) is 11.6 Å². The molecule has 22 heavy (non-hydrogen) atoms. The van der Waals surface area contributed by atoms with E-state index in [1.807, 2.05) is 25.1 Å². The van der Waals surface area contributed by atoms with Gasteiger partial charge in [0.15, 0.2) is 0 Å². The van der Waals surface area contributed by atoms with Crippen molar-refractivity contribution in [3.8, 4) is 0 Å². The lowest BCUT2D eigenvalue weighted by atomic mass is 10.1. The molecule has 2 aromatic carbocycles. The van der Waals surface area contributed by atoms with Crippen LogP contribution in [0.25, 0.3) is 0 Å². The highest BCUT2D eigenvalue weighted by Crippen LogP contribution is 2.32. The number of fused-ring (bicyclic) bond motifs is 1. The molecule has 1 atom stereocenters. The zero-order valence-corrected chi connectivity index (χ0v) is 12.8. The summed E-state index contributed by atoms with van der Waals surface area (Å²) in [5, 5.41) is 3.43. The Morgan fingerprint density at radius 1 is 1.18 bits per heavy atom. The molecule has 4 nitrogen and oxygen atoms in total. The molecule has 0 bridgehead atoms. The predicted molar refractivity (Wildman–Crippen MR) is 87.4 cm³/mol. The quantitative estimate of drug-likeness (QED) is 0.872. The van der Waals surface area contributed by atoms with Gasteiger partial charge in [-0.25, -0.2) is 0 Å². The van der Waals surface area contributed by atoms with Crippen molar-refractivity contribution in [2.45, 2.75) is 19.4 Å². The normalized spacial score (nSPS) is 17.5. The number of nitrogens with one attached hydrogen (secondary N) is 1. The number of nitrogens with zero attached hydrogens (tertiary/aromatic N) is 1. The Balaban J connectivity index is 2.05. The molecule has 0 saturated carbocycles. The van der Waals surface area contributed by atoms with Gasteiger partial charge in [0.1, 0.15) is 0 Å². The summed E-state index contributed by atoms with van der Waals surface area (Å²) in [6.45, 7) is 1.87. The number of carbonyl (C=O) groups is 2. The van der Waals surface area contributed by atoms with Crippen molar-refractivity contribution in [3.63, 3.8) is 0 Å². The first kappa shape index (κ1) is 14.6. The van der Waals surface area contributed by atoms with E-state index in [-0.39, 0.29) is 24.3 Å². The average Bonchev–Trinajstić information content (AvgIpc) is 2.61. The SMILES string of the molecule is CC1CC(=O)Nc2ccccc2N1C(=O)c1ccc(Cl)cc1. The molecule has 3 rings (SSSR count). The van der Waals surface area contributed by atoms with Crippen molar-refractivity contribution in [3.05, 3.63) is 59.1 Å². The van der Waals surface area contributed by atoms with E-state index in [1.165, 1.54) is 0 Å². The lowest BCUT2D eigenvalue weighted by molar-refractivity contribution is -0.116. The zero-order chi connectivity index (χ0) is 15.7. The van der Waals surface area contributed by atoms with Crippen LogP contribution >= 0.6 is 11.6 Å². The monoisotopic (exact) mass is 314 g/mol. The molecule has 112 valence electrons. The smallest absolute Gasteiger partial charge is 0.258 e. The van der Waals surface area contributed by atoms with Gasteiger partial charge in [0.05, 0.1) is 11.4 Å². The molecular formula is C17H15ClN2O2. The maximum absolute atomic E-state index is 12.9. The molecule has 1 aliphatic rings. The first-order valence-electron chi connectivity index (χ1n) is 7.04. The molecule has 5 heteroatoms. The number of carbonyl (C=O) groups excluding carboxylic acids is 2. The fourth-order valence-corrected chi connectivity index (χ4v) is 2.75. The minimum Gasteiger partial charge on any atom is -0.324 e. The van der Waals surface area contributed by atoms with Crippen molar-refractivity contribution in [1.82, 2.24) is 0 Å². The molecule has 0 spiro atoms. The summed E-state index contributed by atoms with van der Waals surface area (Å²) in [5.74, 6) is -0.237. The van der Waals surface area contributed by atoms with E-state index >= 15 is 0 Å². The van der Waals surface area contributed by atoms with Crippen molar-refractivity contribution >= 4 is 34.8 Å². The second-order valence-corrected chi connectivity index (χ2v) is 5.74. The van der Waals surface area contributed by atoms with Crippen molar-refractivity contribution in [1.29, 1.82) is 0 Å². The third kappa shape index (κ3) is 2.70. The Morgan fingerprint density at radius 3 is 2.59 bits per heavy atom. The number of benzene rings is 2. The summed E-state index contributed by atoms with van der Waals surface area (Å²) >= 11 is 5.88. The number of anilines is 2. The van der Waals surface area contributed by atoms with Gasteiger partial charge in [0.2, 0.25) is 5.91 Å². The number of para-hydroxylation sites is 2. The first-order valence-corrected chi connectivity index (χ1v) is 7.42. The topological polar surface area (TPSA) is 49.4 Å². The number of hydrogen-bond donors (Lipinski definition) is 1. The number of hydrogen-bond acceptors (Lipinski definition) is 2. The second-order valence-electron chi connectivity index (χ2n) is 5.30. The van der Waals surface area contributed by atoms with Crippen LogP contribution in [-0.4, -0.2) is 17.9 Å². The highest BCUT2D eigenvalue weighted by molar-refractivity contribution is 6.30. The van der Waals surface area contributed by atoms with Crippen molar-refractivity contribution in [2.75, 3.05) is 10.2 Å². The summed E-state index contributed by atoms with van der Waals surface area (Å²) in [6.07, 6.45) is 0.258. The fraction of sp³-hybridized carbons (Fsp3) is 0.176. The van der Waals surface area contributed by atoms with Crippen LogP contribution in [0.5, 0.6) is 0 Å². The Hall–Kier alpha value is -2.33. The Bertz CT molecular complexity index is 728. The van der Waals surface area contributed by atoms with Crippen LogP contribution < -0.4 is 10.2 Å².